The molecule has 3 rings (SSSR count). The van der Waals surface area contributed by atoms with Crippen molar-refractivity contribution in [3.8, 4) is 5.88 Å². The summed E-state index contributed by atoms with van der Waals surface area (Å²) < 4.78 is 52.4. The minimum absolute atomic E-state index is 0.129. The first kappa shape index (κ1) is 23.1. The van der Waals surface area contributed by atoms with E-state index in [1.54, 1.807) is 18.7 Å². The number of ether oxygens (including phenoxy) is 1. The molecule has 9 nitrogen and oxygen atoms in total. The van der Waals surface area contributed by atoms with Crippen LogP contribution in [-0.2, 0) is 13.2 Å². The highest BCUT2D eigenvalue weighted by Crippen LogP contribution is 2.31. The van der Waals surface area contributed by atoms with Gasteiger partial charge in [0.1, 0.15) is 17.4 Å². The van der Waals surface area contributed by atoms with Gasteiger partial charge in [0.05, 0.1) is 11.9 Å². The number of amides is 2. The first-order valence-electron chi connectivity index (χ1n) is 9.27. The Hall–Kier alpha value is -3.61. The van der Waals surface area contributed by atoms with Crippen molar-refractivity contribution in [1.29, 1.82) is 0 Å². The zero-order chi connectivity index (χ0) is 23.3. The second-order valence-electron chi connectivity index (χ2n) is 6.60. The average molecular weight is 469 g/mol. The molecule has 0 aliphatic heterocycles. The van der Waals surface area contributed by atoms with E-state index < -0.39 is 53.1 Å². The van der Waals surface area contributed by atoms with Gasteiger partial charge in [0.25, 0.3) is 0 Å². The van der Waals surface area contributed by atoms with Crippen molar-refractivity contribution in [3.05, 3.63) is 58.9 Å². The molecule has 0 bridgehead atoms. The van der Waals surface area contributed by atoms with Crippen LogP contribution in [0.15, 0.2) is 24.8 Å². The monoisotopic (exact) mass is 469 g/mol. The van der Waals surface area contributed by atoms with E-state index in [0.717, 1.165) is 6.07 Å². The number of carbonyl (C=O) groups is 2. The van der Waals surface area contributed by atoms with Gasteiger partial charge in [-0.15, -0.1) is 0 Å². The van der Waals surface area contributed by atoms with Crippen molar-refractivity contribution in [2.45, 2.75) is 26.5 Å². The molecule has 0 aliphatic carbocycles. The SMILES string of the molecule is Cc1cc(F)c(COc2nsc(NC(=O)NCCCn3ccnc3)c2C(=O)O)c(F)c1F. The quantitative estimate of drug-likeness (QED) is 0.326. The number of aromatic nitrogens is 3. The number of urea groups is 1. The fourth-order valence-electron chi connectivity index (χ4n) is 2.70. The zero-order valence-electron chi connectivity index (χ0n) is 16.7. The third-order valence-corrected chi connectivity index (χ3v) is 5.07. The summed E-state index contributed by atoms with van der Waals surface area (Å²) in [5.41, 5.74) is -1.41. The summed E-state index contributed by atoms with van der Waals surface area (Å²) in [4.78, 5) is 27.6. The molecule has 3 aromatic rings. The van der Waals surface area contributed by atoms with Gasteiger partial charge in [0.2, 0.25) is 5.88 Å². The highest BCUT2D eigenvalue weighted by Gasteiger charge is 2.25. The maximum atomic E-state index is 14.0. The standard InChI is InChI=1S/C19H18F3N5O4S/c1-10-7-12(20)11(15(22)14(10)21)8-31-16-13(18(28)29)17(32-26-16)25-19(30)24-3-2-5-27-6-4-23-9-27/h4,6-7,9H,2-3,5,8H2,1H3,(H,28,29)(H2,24,25,30). The number of hydrogen-bond acceptors (Lipinski definition) is 6. The third kappa shape index (κ3) is 5.35. The van der Waals surface area contributed by atoms with Crippen LogP contribution < -0.4 is 15.4 Å². The molecule has 0 saturated carbocycles. The van der Waals surface area contributed by atoms with Crippen molar-refractivity contribution in [2.24, 2.45) is 0 Å². The summed E-state index contributed by atoms with van der Waals surface area (Å²) in [6.45, 7) is 1.35. The van der Waals surface area contributed by atoms with Crippen molar-refractivity contribution in [2.75, 3.05) is 11.9 Å². The van der Waals surface area contributed by atoms with Gasteiger partial charge >= 0.3 is 12.0 Å². The van der Waals surface area contributed by atoms with Crippen LogP contribution in [0.1, 0.15) is 27.9 Å². The summed E-state index contributed by atoms with van der Waals surface area (Å²) in [6, 6.07) is 0.145. The number of carboxylic acids is 1. The van der Waals surface area contributed by atoms with Gasteiger partial charge in [-0.3, -0.25) is 5.32 Å². The van der Waals surface area contributed by atoms with Gasteiger partial charge in [0, 0.05) is 25.5 Å². The predicted molar refractivity (Wildman–Crippen MR) is 108 cm³/mol. The van der Waals surface area contributed by atoms with Gasteiger partial charge in [-0.1, -0.05) is 0 Å². The first-order valence-corrected chi connectivity index (χ1v) is 10.0. The number of aromatic carboxylic acids is 1. The molecule has 0 fully saturated rings. The Kier molecular flexibility index (Phi) is 7.30. The molecule has 32 heavy (non-hydrogen) atoms. The molecule has 170 valence electrons. The van der Waals surface area contributed by atoms with Crippen LogP contribution in [0.3, 0.4) is 0 Å². The Morgan fingerprint density at radius 1 is 1.28 bits per heavy atom. The van der Waals surface area contributed by atoms with Gasteiger partial charge in [0.15, 0.2) is 17.2 Å². The number of nitrogens with one attached hydrogen (secondary N) is 2. The topological polar surface area (TPSA) is 118 Å². The van der Waals surface area contributed by atoms with Crippen LogP contribution in [0, 0.1) is 24.4 Å². The van der Waals surface area contributed by atoms with E-state index in [1.807, 2.05) is 4.57 Å². The molecule has 0 radical (unpaired) electrons. The summed E-state index contributed by atoms with van der Waals surface area (Å²) in [6.07, 6.45) is 5.66. The normalized spacial score (nSPS) is 10.8. The minimum atomic E-state index is -1.47. The van der Waals surface area contributed by atoms with Crippen molar-refractivity contribution >= 4 is 28.5 Å². The van der Waals surface area contributed by atoms with E-state index in [0.29, 0.717) is 31.0 Å². The maximum absolute atomic E-state index is 14.0. The fraction of sp³-hybridized carbons (Fsp3) is 0.263. The lowest BCUT2D eigenvalue weighted by atomic mass is 10.1. The lowest BCUT2D eigenvalue weighted by Gasteiger charge is -2.10. The van der Waals surface area contributed by atoms with E-state index in [2.05, 4.69) is 20.0 Å². The molecular formula is C19H18F3N5O4S. The number of carboxylic acid groups (broad SMARTS) is 1. The van der Waals surface area contributed by atoms with Gasteiger partial charge in [-0.05, 0) is 36.5 Å². The number of halogens is 3. The lowest BCUT2D eigenvalue weighted by molar-refractivity contribution is 0.0693. The Morgan fingerprint density at radius 3 is 2.75 bits per heavy atom. The Morgan fingerprint density at radius 2 is 2.06 bits per heavy atom. The number of anilines is 1. The number of carbonyl (C=O) groups excluding carboxylic acids is 1. The summed E-state index contributed by atoms with van der Waals surface area (Å²) in [5, 5.41) is 14.3. The molecule has 13 heteroatoms. The van der Waals surface area contributed by atoms with Crippen LogP contribution in [0.25, 0.3) is 0 Å². The Bertz CT molecular complexity index is 1120. The molecular weight excluding hydrogens is 451 g/mol. The highest BCUT2D eigenvalue weighted by molar-refractivity contribution is 7.11. The summed E-state index contributed by atoms with van der Waals surface area (Å²) in [5.74, 6) is -5.63. The van der Waals surface area contributed by atoms with Crippen LogP contribution in [0.2, 0.25) is 0 Å². The number of nitrogens with zero attached hydrogens (tertiary/aromatic N) is 3. The molecule has 3 N–H and O–H groups in total. The highest BCUT2D eigenvalue weighted by atomic mass is 32.1. The maximum Gasteiger partial charge on any atom is 0.344 e. The first-order chi connectivity index (χ1) is 15.3. The lowest BCUT2D eigenvalue weighted by Crippen LogP contribution is -2.30. The van der Waals surface area contributed by atoms with E-state index in [-0.39, 0.29) is 10.6 Å². The minimum Gasteiger partial charge on any atom is -0.477 e. The van der Waals surface area contributed by atoms with Crippen LogP contribution in [0.4, 0.5) is 23.0 Å². The number of rotatable bonds is 9. The van der Waals surface area contributed by atoms with Crippen molar-refractivity contribution < 1.29 is 32.6 Å². The molecule has 0 spiro atoms. The van der Waals surface area contributed by atoms with E-state index in [4.69, 9.17) is 4.74 Å². The number of benzene rings is 1. The largest absolute Gasteiger partial charge is 0.477 e. The summed E-state index contributed by atoms with van der Waals surface area (Å²) in [7, 11) is 0. The van der Waals surface area contributed by atoms with E-state index in [1.165, 1.54) is 6.92 Å². The fourth-order valence-corrected chi connectivity index (χ4v) is 3.42. The second kappa shape index (κ2) is 10.1. The molecule has 2 amide bonds. The van der Waals surface area contributed by atoms with Crippen molar-refractivity contribution in [1.82, 2.24) is 19.2 Å². The van der Waals surface area contributed by atoms with Gasteiger partial charge in [-0.25, -0.2) is 27.7 Å². The smallest absolute Gasteiger partial charge is 0.344 e. The third-order valence-electron chi connectivity index (χ3n) is 4.33. The van der Waals surface area contributed by atoms with Gasteiger partial charge < -0.3 is 19.7 Å². The van der Waals surface area contributed by atoms with Crippen LogP contribution in [0.5, 0.6) is 5.88 Å². The zero-order valence-corrected chi connectivity index (χ0v) is 17.5. The Labute approximate surface area is 184 Å². The molecule has 0 saturated heterocycles. The summed E-state index contributed by atoms with van der Waals surface area (Å²) >= 11 is 0.617. The number of hydrogen-bond donors (Lipinski definition) is 3. The van der Waals surface area contributed by atoms with E-state index in [9.17, 15) is 27.9 Å². The average Bonchev–Trinajstić information content (AvgIpc) is 3.39. The molecule has 2 aromatic heterocycles. The second-order valence-corrected chi connectivity index (χ2v) is 7.38. The molecule has 0 aliphatic rings. The van der Waals surface area contributed by atoms with Crippen LogP contribution >= 0.6 is 11.5 Å². The molecule has 2 heterocycles. The molecule has 0 atom stereocenters. The predicted octanol–water partition coefficient (Wildman–Crippen LogP) is 3.55. The van der Waals surface area contributed by atoms with Gasteiger partial charge in [-0.2, -0.15) is 4.37 Å². The molecule has 1 aromatic carbocycles. The van der Waals surface area contributed by atoms with Crippen molar-refractivity contribution in [3.63, 3.8) is 0 Å². The Balaban J connectivity index is 1.62. The van der Waals surface area contributed by atoms with Crippen LogP contribution in [-0.4, -0.2) is 37.6 Å². The molecule has 0 unspecified atom stereocenters. The number of imidazole rings is 1. The number of aryl methyl sites for hydroxylation is 2. The van der Waals surface area contributed by atoms with E-state index >= 15 is 0 Å².